The summed E-state index contributed by atoms with van der Waals surface area (Å²) in [4.78, 5) is 22.6. The number of esters is 1. The van der Waals surface area contributed by atoms with Crippen LogP contribution in [0.25, 0.3) is 0 Å². The van der Waals surface area contributed by atoms with Gasteiger partial charge in [0.1, 0.15) is 11.6 Å². The molecular formula is C14H21N3O3. The highest BCUT2D eigenvalue weighted by molar-refractivity contribution is 5.75. The summed E-state index contributed by atoms with van der Waals surface area (Å²) < 4.78 is 10.2. The lowest BCUT2D eigenvalue weighted by molar-refractivity contribution is -0.154. The number of anilines is 1. The van der Waals surface area contributed by atoms with Crippen molar-refractivity contribution >= 4 is 11.8 Å². The average Bonchev–Trinajstić information content (AvgIpc) is 2.45. The number of hydrogen-bond donors (Lipinski definition) is 0. The number of carbonyl (C=O) groups is 1. The van der Waals surface area contributed by atoms with E-state index in [1.54, 1.807) is 0 Å². The average molecular weight is 279 g/mol. The highest BCUT2D eigenvalue weighted by atomic mass is 16.6. The van der Waals surface area contributed by atoms with Crippen LogP contribution in [0.1, 0.15) is 31.3 Å². The van der Waals surface area contributed by atoms with E-state index in [1.807, 2.05) is 17.9 Å². The van der Waals surface area contributed by atoms with E-state index in [9.17, 15) is 4.79 Å². The van der Waals surface area contributed by atoms with Crippen LogP contribution in [0.15, 0.2) is 6.07 Å². The van der Waals surface area contributed by atoms with Gasteiger partial charge in [-0.15, -0.1) is 0 Å². The second kappa shape index (κ2) is 6.17. The standard InChI is InChI=1S/C14H21N3O3/c1-9(2)13-15-10(3)7-12(16-13)17-5-6-20-11(8-17)14(18)19-4/h7,9,11H,5-6,8H2,1-4H3. The number of aryl methyl sites for hydroxylation is 1. The predicted octanol–water partition coefficient (Wildman–Crippen LogP) is 1.29. The second-order valence-corrected chi connectivity index (χ2v) is 5.21. The lowest BCUT2D eigenvalue weighted by atomic mass is 10.2. The molecule has 1 aromatic rings. The minimum Gasteiger partial charge on any atom is -0.467 e. The van der Waals surface area contributed by atoms with Crippen molar-refractivity contribution in [3.8, 4) is 0 Å². The molecule has 2 rings (SSSR count). The molecule has 2 heterocycles. The van der Waals surface area contributed by atoms with E-state index in [2.05, 4.69) is 23.8 Å². The third-order valence-electron chi connectivity index (χ3n) is 3.23. The Labute approximate surface area is 119 Å². The van der Waals surface area contributed by atoms with Crippen LogP contribution in [0.4, 0.5) is 5.82 Å². The molecule has 110 valence electrons. The molecule has 0 amide bonds. The van der Waals surface area contributed by atoms with Crippen LogP contribution in [0, 0.1) is 6.92 Å². The van der Waals surface area contributed by atoms with Crippen LogP contribution < -0.4 is 4.90 Å². The Morgan fingerprint density at radius 2 is 2.25 bits per heavy atom. The number of rotatable bonds is 3. The molecule has 0 aliphatic carbocycles. The molecule has 0 bridgehead atoms. The molecule has 1 aliphatic heterocycles. The number of methoxy groups -OCH3 is 1. The Morgan fingerprint density at radius 1 is 1.50 bits per heavy atom. The first-order valence-corrected chi connectivity index (χ1v) is 6.81. The summed E-state index contributed by atoms with van der Waals surface area (Å²) in [6, 6.07) is 1.94. The van der Waals surface area contributed by atoms with Crippen molar-refractivity contribution in [2.75, 3.05) is 31.7 Å². The quantitative estimate of drug-likeness (QED) is 0.777. The fourth-order valence-electron chi connectivity index (χ4n) is 2.13. The predicted molar refractivity (Wildman–Crippen MR) is 74.8 cm³/mol. The first-order valence-electron chi connectivity index (χ1n) is 6.81. The number of morpholine rings is 1. The van der Waals surface area contributed by atoms with Gasteiger partial charge in [-0.2, -0.15) is 0 Å². The Bertz CT molecular complexity index is 491. The summed E-state index contributed by atoms with van der Waals surface area (Å²) in [7, 11) is 1.37. The molecule has 1 saturated heterocycles. The summed E-state index contributed by atoms with van der Waals surface area (Å²) >= 11 is 0. The number of ether oxygens (including phenoxy) is 2. The van der Waals surface area contributed by atoms with E-state index < -0.39 is 6.10 Å². The van der Waals surface area contributed by atoms with Gasteiger partial charge in [0.15, 0.2) is 6.10 Å². The largest absolute Gasteiger partial charge is 0.467 e. The fraction of sp³-hybridized carbons (Fsp3) is 0.643. The Kier molecular flexibility index (Phi) is 4.54. The number of hydrogen-bond acceptors (Lipinski definition) is 6. The molecule has 1 unspecified atom stereocenters. The van der Waals surface area contributed by atoms with Crippen molar-refractivity contribution in [2.45, 2.75) is 32.8 Å². The normalized spacial score (nSPS) is 19.2. The topological polar surface area (TPSA) is 64.5 Å². The van der Waals surface area contributed by atoms with Crippen LogP contribution in [0.2, 0.25) is 0 Å². The maximum Gasteiger partial charge on any atom is 0.336 e. The highest BCUT2D eigenvalue weighted by Gasteiger charge is 2.28. The maximum absolute atomic E-state index is 11.6. The third-order valence-corrected chi connectivity index (χ3v) is 3.23. The summed E-state index contributed by atoms with van der Waals surface area (Å²) in [6.45, 7) is 7.74. The molecule has 0 aromatic carbocycles. The fourth-order valence-corrected chi connectivity index (χ4v) is 2.13. The van der Waals surface area contributed by atoms with Crippen molar-refractivity contribution in [2.24, 2.45) is 0 Å². The number of aromatic nitrogens is 2. The first-order chi connectivity index (χ1) is 9.51. The van der Waals surface area contributed by atoms with Gasteiger partial charge < -0.3 is 14.4 Å². The van der Waals surface area contributed by atoms with Gasteiger partial charge in [0, 0.05) is 24.2 Å². The van der Waals surface area contributed by atoms with E-state index >= 15 is 0 Å². The first kappa shape index (κ1) is 14.7. The third kappa shape index (κ3) is 3.25. The van der Waals surface area contributed by atoms with E-state index in [0.717, 1.165) is 17.3 Å². The summed E-state index contributed by atoms with van der Waals surface area (Å²) in [5.74, 6) is 1.59. The minimum atomic E-state index is -0.550. The molecule has 0 radical (unpaired) electrons. The molecule has 0 saturated carbocycles. The number of carbonyl (C=O) groups excluding carboxylic acids is 1. The van der Waals surface area contributed by atoms with Crippen molar-refractivity contribution < 1.29 is 14.3 Å². The SMILES string of the molecule is COC(=O)C1CN(c2cc(C)nc(C(C)C)n2)CCO1. The molecular weight excluding hydrogens is 258 g/mol. The van der Waals surface area contributed by atoms with Crippen LogP contribution in [0.5, 0.6) is 0 Å². The maximum atomic E-state index is 11.6. The van der Waals surface area contributed by atoms with Gasteiger partial charge in [0.05, 0.1) is 20.3 Å². The zero-order chi connectivity index (χ0) is 14.7. The molecule has 20 heavy (non-hydrogen) atoms. The van der Waals surface area contributed by atoms with Crippen LogP contribution >= 0.6 is 0 Å². The van der Waals surface area contributed by atoms with Crippen molar-refractivity contribution in [1.82, 2.24) is 9.97 Å². The molecule has 0 N–H and O–H groups in total. The Morgan fingerprint density at radius 3 is 2.90 bits per heavy atom. The lowest BCUT2D eigenvalue weighted by Gasteiger charge is -2.32. The highest BCUT2D eigenvalue weighted by Crippen LogP contribution is 2.19. The smallest absolute Gasteiger partial charge is 0.336 e. The molecule has 6 heteroatoms. The van der Waals surface area contributed by atoms with Gasteiger partial charge in [0.25, 0.3) is 0 Å². The zero-order valence-corrected chi connectivity index (χ0v) is 12.4. The van der Waals surface area contributed by atoms with Crippen molar-refractivity contribution in [1.29, 1.82) is 0 Å². The van der Waals surface area contributed by atoms with Gasteiger partial charge in [-0.05, 0) is 6.92 Å². The molecule has 0 spiro atoms. The van der Waals surface area contributed by atoms with Crippen LogP contribution in [0.3, 0.4) is 0 Å². The number of nitrogens with zero attached hydrogens (tertiary/aromatic N) is 3. The van der Waals surface area contributed by atoms with Gasteiger partial charge in [-0.25, -0.2) is 14.8 Å². The Hall–Kier alpha value is -1.69. The van der Waals surface area contributed by atoms with Crippen molar-refractivity contribution in [3.63, 3.8) is 0 Å². The molecule has 1 aromatic heterocycles. The van der Waals surface area contributed by atoms with Crippen molar-refractivity contribution in [3.05, 3.63) is 17.6 Å². The monoisotopic (exact) mass is 279 g/mol. The summed E-state index contributed by atoms with van der Waals surface area (Å²) in [5, 5.41) is 0. The van der Waals surface area contributed by atoms with E-state index in [4.69, 9.17) is 9.47 Å². The van der Waals surface area contributed by atoms with Crippen LogP contribution in [-0.4, -0.2) is 48.8 Å². The van der Waals surface area contributed by atoms with Gasteiger partial charge in [0.2, 0.25) is 0 Å². The van der Waals surface area contributed by atoms with E-state index in [-0.39, 0.29) is 11.9 Å². The lowest BCUT2D eigenvalue weighted by Crippen LogP contribution is -2.47. The van der Waals surface area contributed by atoms with Gasteiger partial charge >= 0.3 is 5.97 Å². The van der Waals surface area contributed by atoms with Crippen LogP contribution in [-0.2, 0) is 14.3 Å². The molecule has 1 fully saturated rings. The summed E-state index contributed by atoms with van der Waals surface area (Å²) in [6.07, 6.45) is -0.550. The second-order valence-electron chi connectivity index (χ2n) is 5.21. The summed E-state index contributed by atoms with van der Waals surface area (Å²) in [5.41, 5.74) is 0.930. The zero-order valence-electron chi connectivity index (χ0n) is 12.4. The Balaban J connectivity index is 2.20. The van der Waals surface area contributed by atoms with E-state index in [0.29, 0.717) is 19.7 Å². The molecule has 1 atom stereocenters. The molecule has 6 nitrogen and oxygen atoms in total. The van der Waals surface area contributed by atoms with E-state index in [1.165, 1.54) is 7.11 Å². The van der Waals surface area contributed by atoms with Gasteiger partial charge in [-0.3, -0.25) is 0 Å². The molecule has 1 aliphatic rings. The minimum absolute atomic E-state index is 0.270. The van der Waals surface area contributed by atoms with Gasteiger partial charge in [-0.1, -0.05) is 13.8 Å².